The molecule has 0 heterocycles. The van der Waals surface area contributed by atoms with Crippen molar-refractivity contribution in [2.45, 2.75) is 26.7 Å². The Morgan fingerprint density at radius 1 is 1.29 bits per heavy atom. The van der Waals surface area contributed by atoms with Crippen LogP contribution in [0.15, 0.2) is 23.0 Å². The second-order valence-electron chi connectivity index (χ2n) is 2.96. The van der Waals surface area contributed by atoms with Gasteiger partial charge < -0.3 is 10.2 Å². The molecule has 3 heteroatoms. The van der Waals surface area contributed by atoms with Crippen LogP contribution in [0, 0.1) is 0 Å². The fourth-order valence-corrected chi connectivity index (χ4v) is 1.96. The van der Waals surface area contributed by atoms with Gasteiger partial charge >= 0.3 is 0 Å². The summed E-state index contributed by atoms with van der Waals surface area (Å²) in [6.07, 6.45) is 8.67. The topological polar surface area (TPSA) is 15.3 Å². The second kappa shape index (κ2) is 7.80. The Bertz CT molecular complexity index is 187. The Balaban J connectivity index is 4.62. The molecule has 82 valence electrons. The molecule has 0 saturated heterocycles. The van der Waals surface area contributed by atoms with Gasteiger partial charge in [0.2, 0.25) is 0 Å². The molecule has 0 radical (unpaired) electrons. The Morgan fingerprint density at radius 2 is 1.86 bits per heavy atom. The second-order valence-corrected chi connectivity index (χ2v) is 3.79. The SMILES string of the molecule is CC/C=C(\NC)N(C)/C(=C\CC)SC. The van der Waals surface area contributed by atoms with Crippen LogP contribution in [0.25, 0.3) is 0 Å². The van der Waals surface area contributed by atoms with Gasteiger partial charge in [-0.2, -0.15) is 0 Å². The molecule has 0 bridgehead atoms. The van der Waals surface area contributed by atoms with Crippen molar-refractivity contribution in [3.8, 4) is 0 Å². The minimum Gasteiger partial charge on any atom is -0.375 e. The van der Waals surface area contributed by atoms with Crippen LogP contribution in [0.1, 0.15) is 26.7 Å². The zero-order chi connectivity index (χ0) is 11.0. The average molecular weight is 214 g/mol. The van der Waals surface area contributed by atoms with E-state index in [1.54, 1.807) is 11.8 Å². The lowest BCUT2D eigenvalue weighted by atomic mass is 10.4. The van der Waals surface area contributed by atoms with E-state index in [2.05, 4.69) is 49.5 Å². The fraction of sp³-hybridized carbons (Fsp3) is 0.636. The smallest absolute Gasteiger partial charge is 0.101 e. The zero-order valence-corrected chi connectivity index (χ0v) is 10.7. The molecule has 14 heavy (non-hydrogen) atoms. The monoisotopic (exact) mass is 214 g/mol. The molecule has 0 aliphatic heterocycles. The zero-order valence-electron chi connectivity index (χ0n) is 9.92. The first-order chi connectivity index (χ1) is 6.71. The predicted octanol–water partition coefficient (Wildman–Crippen LogP) is 3.00. The summed E-state index contributed by atoms with van der Waals surface area (Å²) in [5, 5.41) is 4.50. The van der Waals surface area contributed by atoms with Crippen molar-refractivity contribution in [2.24, 2.45) is 0 Å². The molecule has 0 saturated carbocycles. The van der Waals surface area contributed by atoms with Crippen LogP contribution in [0.5, 0.6) is 0 Å². The van der Waals surface area contributed by atoms with Crippen LogP contribution >= 0.6 is 11.8 Å². The van der Waals surface area contributed by atoms with Gasteiger partial charge in [-0.1, -0.05) is 19.9 Å². The van der Waals surface area contributed by atoms with Crippen LogP contribution in [0.3, 0.4) is 0 Å². The standard InChI is InChI=1S/C11H22N2S/c1-6-8-10(12-3)13(4)11(14-5)9-7-2/h8-9,12H,6-7H2,1-5H3/b10-8+,11-9+. The Kier molecular flexibility index (Phi) is 7.48. The summed E-state index contributed by atoms with van der Waals surface area (Å²) < 4.78 is 0. The van der Waals surface area contributed by atoms with Gasteiger partial charge in [-0.15, -0.1) is 11.8 Å². The number of allylic oxidation sites excluding steroid dienone is 2. The first-order valence-corrected chi connectivity index (χ1v) is 6.29. The third-order valence-corrected chi connectivity index (χ3v) is 2.79. The van der Waals surface area contributed by atoms with Crippen molar-refractivity contribution < 1.29 is 0 Å². The molecule has 0 aromatic rings. The molecule has 0 aromatic heterocycles. The van der Waals surface area contributed by atoms with Gasteiger partial charge in [0.05, 0.1) is 5.03 Å². The van der Waals surface area contributed by atoms with Crippen molar-refractivity contribution in [2.75, 3.05) is 20.4 Å². The highest BCUT2D eigenvalue weighted by Crippen LogP contribution is 2.19. The largest absolute Gasteiger partial charge is 0.375 e. The van der Waals surface area contributed by atoms with E-state index in [4.69, 9.17) is 0 Å². The highest BCUT2D eigenvalue weighted by atomic mass is 32.2. The normalized spacial score (nSPS) is 12.9. The molecular weight excluding hydrogens is 192 g/mol. The molecule has 0 spiro atoms. The Morgan fingerprint density at radius 3 is 2.21 bits per heavy atom. The molecule has 1 N–H and O–H groups in total. The van der Waals surface area contributed by atoms with Crippen LogP contribution in [0.2, 0.25) is 0 Å². The Hall–Kier alpha value is -0.570. The molecule has 0 amide bonds. The molecule has 2 nitrogen and oxygen atoms in total. The summed E-state index contributed by atoms with van der Waals surface area (Å²) in [5.74, 6) is 1.17. The lowest BCUT2D eigenvalue weighted by Gasteiger charge is -2.24. The summed E-state index contributed by atoms with van der Waals surface area (Å²) in [4.78, 5) is 2.19. The molecular formula is C11H22N2S. The average Bonchev–Trinajstić information content (AvgIpc) is 2.21. The maximum Gasteiger partial charge on any atom is 0.101 e. The number of hydrogen-bond acceptors (Lipinski definition) is 3. The molecule has 0 rings (SSSR count). The molecule has 0 aliphatic carbocycles. The van der Waals surface area contributed by atoms with Gasteiger partial charge in [0.25, 0.3) is 0 Å². The van der Waals surface area contributed by atoms with E-state index in [1.807, 2.05) is 7.05 Å². The van der Waals surface area contributed by atoms with Gasteiger partial charge in [0, 0.05) is 14.1 Å². The molecule has 0 aromatic carbocycles. The summed E-state index contributed by atoms with van der Waals surface area (Å²) in [7, 11) is 4.05. The van der Waals surface area contributed by atoms with E-state index in [1.165, 1.54) is 10.9 Å². The lowest BCUT2D eigenvalue weighted by Crippen LogP contribution is -2.24. The summed E-state index contributed by atoms with van der Waals surface area (Å²) in [6.45, 7) is 4.31. The van der Waals surface area contributed by atoms with Gasteiger partial charge in [0.15, 0.2) is 0 Å². The highest BCUT2D eigenvalue weighted by molar-refractivity contribution is 8.02. The molecule has 0 unspecified atom stereocenters. The van der Waals surface area contributed by atoms with Crippen molar-refractivity contribution in [3.63, 3.8) is 0 Å². The third-order valence-electron chi connectivity index (χ3n) is 1.93. The number of thioether (sulfide) groups is 1. The maximum absolute atomic E-state index is 3.21. The summed E-state index contributed by atoms with van der Waals surface area (Å²) >= 11 is 1.78. The summed E-state index contributed by atoms with van der Waals surface area (Å²) in [6, 6.07) is 0. The minimum absolute atomic E-state index is 1.05. The van der Waals surface area contributed by atoms with Crippen LogP contribution in [-0.2, 0) is 0 Å². The van der Waals surface area contributed by atoms with E-state index in [0.717, 1.165) is 12.8 Å². The number of nitrogens with zero attached hydrogens (tertiary/aromatic N) is 1. The fourth-order valence-electron chi connectivity index (χ4n) is 1.25. The van der Waals surface area contributed by atoms with Crippen LogP contribution in [-0.4, -0.2) is 25.3 Å². The third kappa shape index (κ3) is 4.09. The van der Waals surface area contributed by atoms with Gasteiger partial charge in [-0.05, 0) is 25.2 Å². The van der Waals surface area contributed by atoms with Crippen molar-refractivity contribution in [3.05, 3.63) is 23.0 Å². The minimum atomic E-state index is 1.05. The van der Waals surface area contributed by atoms with Crippen molar-refractivity contribution in [1.82, 2.24) is 10.2 Å². The van der Waals surface area contributed by atoms with E-state index < -0.39 is 0 Å². The van der Waals surface area contributed by atoms with Crippen molar-refractivity contribution in [1.29, 1.82) is 0 Å². The van der Waals surface area contributed by atoms with Gasteiger partial charge in [-0.3, -0.25) is 0 Å². The number of rotatable bonds is 6. The van der Waals surface area contributed by atoms with Crippen molar-refractivity contribution >= 4 is 11.8 Å². The van der Waals surface area contributed by atoms with E-state index in [9.17, 15) is 0 Å². The van der Waals surface area contributed by atoms with Crippen LogP contribution < -0.4 is 5.32 Å². The molecule has 0 fully saturated rings. The Labute approximate surface area is 92.4 Å². The van der Waals surface area contributed by atoms with E-state index in [-0.39, 0.29) is 0 Å². The van der Waals surface area contributed by atoms with E-state index in [0.29, 0.717) is 0 Å². The first kappa shape index (κ1) is 13.4. The number of hydrogen-bond donors (Lipinski definition) is 1. The van der Waals surface area contributed by atoms with E-state index >= 15 is 0 Å². The quantitative estimate of drug-likeness (QED) is 0.732. The maximum atomic E-state index is 3.21. The predicted molar refractivity (Wildman–Crippen MR) is 67.1 cm³/mol. The molecule has 0 aliphatic rings. The van der Waals surface area contributed by atoms with Gasteiger partial charge in [-0.25, -0.2) is 0 Å². The summed E-state index contributed by atoms with van der Waals surface area (Å²) in [5.41, 5.74) is 0. The highest BCUT2D eigenvalue weighted by Gasteiger charge is 2.05. The number of nitrogens with one attached hydrogen (secondary N) is 1. The molecule has 0 atom stereocenters. The first-order valence-electron chi connectivity index (χ1n) is 5.06. The van der Waals surface area contributed by atoms with Gasteiger partial charge in [0.1, 0.15) is 5.82 Å². The lowest BCUT2D eigenvalue weighted by molar-refractivity contribution is 0.509. The van der Waals surface area contributed by atoms with Crippen LogP contribution in [0.4, 0.5) is 0 Å².